The maximum Gasteiger partial charge on any atom is 0.307 e. The summed E-state index contributed by atoms with van der Waals surface area (Å²) in [6, 6.07) is 0. The number of carbonyl (C=O) groups excluding carboxylic acids is 7. The molecule has 0 radical (unpaired) electrons. The summed E-state index contributed by atoms with van der Waals surface area (Å²) < 4.78 is 8.56. The summed E-state index contributed by atoms with van der Waals surface area (Å²) in [7, 11) is 2.64. The van der Waals surface area contributed by atoms with Crippen LogP contribution < -0.4 is 21.7 Å². The number of hydrogen-bond acceptors (Lipinski definition) is 11. The molecule has 0 fully saturated rings. The van der Waals surface area contributed by atoms with Gasteiger partial charge in [0.25, 0.3) is 0 Å². The molecule has 0 rings (SSSR count). The summed E-state index contributed by atoms with van der Waals surface area (Å²) >= 11 is 0. The molecule has 0 aromatic carbocycles. The van der Waals surface area contributed by atoms with Crippen LogP contribution in [0.5, 0.6) is 0 Å². The first-order valence-corrected chi connectivity index (χ1v) is 9.71. The van der Waals surface area contributed by atoms with Gasteiger partial charge in [-0.15, -0.1) is 0 Å². The van der Waals surface area contributed by atoms with Gasteiger partial charge < -0.3 is 55.4 Å². The van der Waals surface area contributed by atoms with Crippen LogP contribution in [0.4, 0.5) is 0 Å². The molecule has 228 valence electrons. The van der Waals surface area contributed by atoms with E-state index in [1.54, 1.807) is 0 Å². The Morgan fingerprint density at radius 2 is 1.00 bits per heavy atom. The Bertz CT molecular complexity index is 568. The Morgan fingerprint density at radius 1 is 0.692 bits per heavy atom. The monoisotopic (exact) mass is 1240 g/mol. The minimum absolute atomic E-state index is 0. The molecule has 15 nitrogen and oxygen atoms in total. The molecular formula is C20H34N4O11W4-4. The van der Waals surface area contributed by atoms with Gasteiger partial charge in [-0.1, -0.05) is 0 Å². The molecule has 0 aromatic heterocycles. The van der Waals surface area contributed by atoms with Crippen molar-refractivity contribution < 1.29 is 137 Å². The average Bonchev–Trinajstić information content (AvgIpc) is 2.81. The van der Waals surface area contributed by atoms with E-state index in [1.807, 2.05) is 0 Å². The van der Waals surface area contributed by atoms with Gasteiger partial charge in [0.1, 0.15) is 5.78 Å². The molecule has 3 amide bonds. The van der Waals surface area contributed by atoms with Gasteiger partial charge in [-0.3, -0.25) is 25.5 Å². The quantitative estimate of drug-likeness (QED) is 0.0529. The number of ether oxygens (including phenoxy) is 2. The maximum absolute atomic E-state index is 10.3. The van der Waals surface area contributed by atoms with Crippen molar-refractivity contribution in [2.24, 2.45) is 5.73 Å². The number of carbonyl (C=O) groups is 4. The molecular weight excluding hydrogens is 1210 g/mol. The Kier molecular flexibility index (Phi) is 96.7. The summed E-state index contributed by atoms with van der Waals surface area (Å²) in [5, 5.41) is 14.5. The standard InChI is InChI=1S/C5H8NO3.C5H8NO2.C4H6NO3.C4H9NO2.C2H3O.4W/c1-9-5(8)2-3-6-4-7;1-5(8)2-3-6-4-7;6-3-5-2-1-4(7)8;1-7-4(6)2-3-5;1-2-3;;;;/h2-3H2,1H3,(H,6,7);2-3H2,1H3,(H,6,7);1-2H2,(H,5,6)(H,7,8);2-3,5H2,1H3;1H3;;;;/q3*-1;;-1;;;;. The van der Waals surface area contributed by atoms with Crippen LogP contribution >= 0.6 is 0 Å². The number of esters is 2. The smallest absolute Gasteiger partial charge is 0.307 e. The molecule has 0 spiro atoms. The minimum Gasteiger partial charge on any atom is -0.542 e. The van der Waals surface area contributed by atoms with Crippen molar-refractivity contribution in [3.63, 3.8) is 0 Å². The molecule has 0 aliphatic carbocycles. The van der Waals surface area contributed by atoms with Crippen molar-refractivity contribution in [3.05, 3.63) is 0 Å². The van der Waals surface area contributed by atoms with Crippen LogP contribution in [-0.2, 0) is 132 Å². The Labute approximate surface area is 286 Å². The van der Waals surface area contributed by atoms with E-state index in [-0.39, 0.29) is 128 Å². The van der Waals surface area contributed by atoms with Crippen LogP contribution in [0.25, 0.3) is 0 Å². The fourth-order valence-corrected chi connectivity index (χ4v) is 1.05. The first-order valence-electron chi connectivity index (χ1n) is 9.71. The van der Waals surface area contributed by atoms with E-state index in [0.29, 0.717) is 25.9 Å². The van der Waals surface area contributed by atoms with Crippen LogP contribution in [0.15, 0.2) is 0 Å². The van der Waals surface area contributed by atoms with E-state index in [4.69, 9.17) is 15.6 Å². The Morgan fingerprint density at radius 3 is 1.23 bits per heavy atom. The summed E-state index contributed by atoms with van der Waals surface area (Å²) in [6.07, 6.45) is 6.64. The Balaban J connectivity index is -0.0000000412. The number of aliphatic carboxylic acids is 1. The summed E-state index contributed by atoms with van der Waals surface area (Å²) in [6.45, 7) is 4.01. The normalized spacial score (nSPS) is 7.00. The molecule has 0 aromatic rings. The van der Waals surface area contributed by atoms with Gasteiger partial charge in [-0.25, -0.2) is 0 Å². The zero-order valence-electron chi connectivity index (χ0n) is 21.9. The van der Waals surface area contributed by atoms with E-state index < -0.39 is 5.97 Å². The number of nitrogens with one attached hydrogen (secondary N) is 3. The van der Waals surface area contributed by atoms with Gasteiger partial charge in [0.2, 0.25) is 0 Å². The number of nitrogens with two attached hydrogens (primary N) is 1. The zero-order chi connectivity index (χ0) is 28.3. The molecule has 19 heteroatoms. The largest absolute Gasteiger partial charge is 0.542 e. The molecule has 0 heterocycles. The number of carboxylic acids is 1. The molecule has 0 aliphatic rings. The van der Waals surface area contributed by atoms with Crippen molar-refractivity contribution >= 4 is 49.2 Å². The Hall–Kier alpha value is -1.13. The van der Waals surface area contributed by atoms with E-state index in [2.05, 4.69) is 25.4 Å². The van der Waals surface area contributed by atoms with Crippen molar-refractivity contribution in [2.75, 3.05) is 40.4 Å². The van der Waals surface area contributed by atoms with Crippen LogP contribution in [0.1, 0.15) is 39.5 Å². The predicted molar refractivity (Wildman–Crippen MR) is 122 cm³/mol. The van der Waals surface area contributed by atoms with Gasteiger partial charge in [-0.2, -0.15) is 26.2 Å². The number of ketones is 1. The van der Waals surface area contributed by atoms with Crippen molar-refractivity contribution in [3.8, 4) is 0 Å². The van der Waals surface area contributed by atoms with E-state index in [9.17, 15) is 33.6 Å². The van der Waals surface area contributed by atoms with Crippen LogP contribution in [0, 0.1) is 0 Å². The fraction of sp³-hybridized carbons (Fsp3) is 0.600. The van der Waals surface area contributed by atoms with Crippen molar-refractivity contribution in [1.82, 2.24) is 16.0 Å². The van der Waals surface area contributed by atoms with Crippen LogP contribution in [0.3, 0.4) is 0 Å². The van der Waals surface area contributed by atoms with Gasteiger partial charge in [0, 0.05) is 97.2 Å². The number of methoxy groups -OCH3 is 2. The van der Waals surface area contributed by atoms with Crippen LogP contribution in [0.2, 0.25) is 0 Å². The van der Waals surface area contributed by atoms with E-state index >= 15 is 0 Å². The van der Waals surface area contributed by atoms with Crippen LogP contribution in [-0.4, -0.2) is 94.7 Å². The fourth-order valence-electron chi connectivity index (χ4n) is 1.05. The minimum atomic E-state index is -0.923. The van der Waals surface area contributed by atoms with Crippen molar-refractivity contribution in [2.45, 2.75) is 39.5 Å². The van der Waals surface area contributed by atoms with E-state index in [1.165, 1.54) is 53.6 Å². The number of Topliss-reactive ketones (excluding diaryl/α,β-unsaturated/α-hetero) is 1. The summed E-state index contributed by atoms with van der Waals surface area (Å²) in [5.41, 5.74) is 5.00. The third-order valence-electron chi connectivity index (χ3n) is 2.54. The third-order valence-corrected chi connectivity index (χ3v) is 2.54. The molecule has 0 atom stereocenters. The molecule has 0 saturated carbocycles. The maximum atomic E-state index is 10.3. The molecule has 0 saturated heterocycles. The molecule has 6 N–H and O–H groups in total. The number of hydrogen-bond donors (Lipinski definition) is 5. The summed E-state index contributed by atoms with van der Waals surface area (Å²) in [5.74, 6) is -1.43. The zero-order valence-corrected chi connectivity index (χ0v) is 33.6. The second kappa shape index (κ2) is 61.1. The number of amides is 3. The van der Waals surface area contributed by atoms with E-state index in [0.717, 1.165) is 0 Å². The predicted octanol–water partition coefficient (Wildman–Crippen LogP) is -2.44. The second-order valence-electron chi connectivity index (χ2n) is 5.33. The molecule has 0 bridgehead atoms. The topological polar surface area (TPSA) is 237 Å². The molecule has 0 aliphatic heterocycles. The van der Waals surface area contributed by atoms with Gasteiger partial charge in [-0.05, 0) is 26.6 Å². The van der Waals surface area contributed by atoms with Gasteiger partial charge in [0.15, 0.2) is 0 Å². The SMILES string of the molecule is CC(=O)CCN[C-]=O.COC(=O)CCN.COC(=O)CCN[C-]=O.C[C-]=O.O=[C-]NCCC(=O)O.[W].[W].[W].[W]. The number of carboxylic acid groups (broad SMARTS) is 1. The summed E-state index contributed by atoms with van der Waals surface area (Å²) in [4.78, 5) is 77.2. The third kappa shape index (κ3) is 103. The molecule has 39 heavy (non-hydrogen) atoms. The second-order valence-corrected chi connectivity index (χ2v) is 5.33. The average molecular weight is 1240 g/mol. The van der Waals surface area contributed by atoms with Gasteiger partial charge in [0.05, 0.1) is 33.5 Å². The number of rotatable bonds is 14. The first-order chi connectivity index (χ1) is 16.6. The van der Waals surface area contributed by atoms with Gasteiger partial charge >= 0.3 is 17.9 Å². The molecule has 0 unspecified atom stereocenters. The van der Waals surface area contributed by atoms with Crippen molar-refractivity contribution in [1.29, 1.82) is 0 Å². The first kappa shape index (κ1) is 61.8.